The number of fused-ring (bicyclic) bond motifs is 1. The minimum Gasteiger partial charge on any atom is -0.492 e. The van der Waals surface area contributed by atoms with Crippen molar-refractivity contribution in [3.63, 3.8) is 0 Å². The number of carbonyl (C=O) groups excluding carboxylic acids is 1. The number of aromatic nitrogens is 1. The molecule has 31 heavy (non-hydrogen) atoms. The fourth-order valence-electron chi connectivity index (χ4n) is 3.08. The van der Waals surface area contributed by atoms with Gasteiger partial charge in [-0.1, -0.05) is 59.3 Å². The van der Waals surface area contributed by atoms with Gasteiger partial charge in [-0.05, 0) is 48.9 Å². The SMILES string of the molecule is CCOc1cccc2sc(N(Cc3ccccc3)C(=O)CSc3ccc(Cl)cc3)nc12. The molecule has 7 heteroatoms. The van der Waals surface area contributed by atoms with Crippen LogP contribution >= 0.6 is 34.7 Å². The standard InChI is InChI=1S/C24H21ClN2O2S2/c1-2-29-20-9-6-10-21-23(20)26-24(31-21)27(15-17-7-4-3-5-8-17)22(28)16-30-19-13-11-18(25)12-14-19/h3-14H,2,15-16H2,1H3. The van der Waals surface area contributed by atoms with Crippen LogP contribution in [0, 0.1) is 0 Å². The maximum Gasteiger partial charge on any atom is 0.239 e. The zero-order chi connectivity index (χ0) is 21.6. The summed E-state index contributed by atoms with van der Waals surface area (Å²) in [6.07, 6.45) is 0. The third kappa shape index (κ3) is 5.39. The molecule has 1 heterocycles. The van der Waals surface area contributed by atoms with Crippen molar-refractivity contribution in [1.82, 2.24) is 4.98 Å². The van der Waals surface area contributed by atoms with E-state index in [9.17, 15) is 4.79 Å². The summed E-state index contributed by atoms with van der Waals surface area (Å²) in [5.41, 5.74) is 1.84. The zero-order valence-electron chi connectivity index (χ0n) is 17.0. The largest absolute Gasteiger partial charge is 0.492 e. The molecule has 0 fully saturated rings. The van der Waals surface area contributed by atoms with E-state index in [1.807, 2.05) is 79.7 Å². The molecular formula is C24H21ClN2O2S2. The van der Waals surface area contributed by atoms with Crippen molar-refractivity contribution in [3.8, 4) is 5.75 Å². The fraction of sp³-hybridized carbons (Fsp3) is 0.167. The number of thiazole rings is 1. The quantitative estimate of drug-likeness (QED) is 0.271. The lowest BCUT2D eigenvalue weighted by atomic mass is 10.2. The average Bonchev–Trinajstić information content (AvgIpc) is 3.23. The predicted octanol–water partition coefficient (Wildman–Crippen LogP) is 6.67. The van der Waals surface area contributed by atoms with Gasteiger partial charge < -0.3 is 4.74 Å². The normalized spacial score (nSPS) is 10.9. The molecule has 0 bridgehead atoms. The van der Waals surface area contributed by atoms with E-state index in [4.69, 9.17) is 21.3 Å². The maximum atomic E-state index is 13.3. The Morgan fingerprint density at radius 1 is 1.06 bits per heavy atom. The molecule has 0 unspecified atom stereocenters. The number of thioether (sulfide) groups is 1. The smallest absolute Gasteiger partial charge is 0.239 e. The summed E-state index contributed by atoms with van der Waals surface area (Å²) in [5.74, 6) is 1.05. The topological polar surface area (TPSA) is 42.4 Å². The van der Waals surface area contributed by atoms with Gasteiger partial charge in [0.05, 0.1) is 23.6 Å². The Kier molecular flexibility index (Phi) is 7.12. The molecule has 0 N–H and O–H groups in total. The number of benzene rings is 3. The van der Waals surface area contributed by atoms with E-state index in [1.54, 1.807) is 4.90 Å². The number of anilines is 1. The van der Waals surface area contributed by atoms with Crippen LogP contribution in [0.15, 0.2) is 77.7 Å². The molecule has 0 saturated heterocycles. The van der Waals surface area contributed by atoms with E-state index in [0.29, 0.717) is 29.1 Å². The number of amides is 1. The monoisotopic (exact) mass is 468 g/mol. The van der Waals surface area contributed by atoms with Crippen molar-refractivity contribution < 1.29 is 9.53 Å². The second-order valence-electron chi connectivity index (χ2n) is 6.74. The van der Waals surface area contributed by atoms with Crippen molar-refractivity contribution in [1.29, 1.82) is 0 Å². The Balaban J connectivity index is 1.62. The Bertz CT molecular complexity index is 1160. The first-order valence-corrected chi connectivity index (χ1v) is 12.1. The van der Waals surface area contributed by atoms with E-state index >= 15 is 0 Å². The third-order valence-electron chi connectivity index (χ3n) is 4.56. The first-order chi connectivity index (χ1) is 15.1. The number of halogens is 1. The van der Waals surface area contributed by atoms with Gasteiger partial charge in [0.1, 0.15) is 11.3 Å². The molecule has 0 aliphatic rings. The average molecular weight is 469 g/mol. The van der Waals surface area contributed by atoms with Crippen LogP contribution in [0.2, 0.25) is 5.02 Å². The number of carbonyl (C=O) groups is 1. The van der Waals surface area contributed by atoms with Crippen molar-refractivity contribution >= 4 is 56.0 Å². The number of nitrogens with zero attached hydrogens (tertiary/aromatic N) is 2. The molecule has 3 aromatic carbocycles. The van der Waals surface area contributed by atoms with E-state index < -0.39 is 0 Å². The summed E-state index contributed by atoms with van der Waals surface area (Å²) >= 11 is 8.96. The predicted molar refractivity (Wildman–Crippen MR) is 131 cm³/mol. The minimum absolute atomic E-state index is 0.000758. The molecule has 0 aliphatic heterocycles. The van der Waals surface area contributed by atoms with Crippen LogP contribution in [0.4, 0.5) is 5.13 Å². The number of ether oxygens (including phenoxy) is 1. The van der Waals surface area contributed by atoms with E-state index in [-0.39, 0.29) is 5.91 Å². The molecule has 4 rings (SSSR count). The van der Waals surface area contributed by atoms with Gasteiger partial charge in [-0.25, -0.2) is 4.98 Å². The molecule has 4 nitrogen and oxygen atoms in total. The summed E-state index contributed by atoms with van der Waals surface area (Å²) < 4.78 is 6.73. The van der Waals surface area contributed by atoms with Gasteiger partial charge in [-0.15, -0.1) is 11.8 Å². The summed E-state index contributed by atoms with van der Waals surface area (Å²) in [6, 6.07) is 23.4. The summed E-state index contributed by atoms with van der Waals surface area (Å²) in [7, 11) is 0. The molecule has 0 saturated carbocycles. The fourth-order valence-corrected chi connectivity index (χ4v) is 4.98. The Morgan fingerprint density at radius 2 is 1.84 bits per heavy atom. The molecule has 0 atom stereocenters. The van der Waals surface area contributed by atoms with E-state index in [0.717, 1.165) is 26.4 Å². The Morgan fingerprint density at radius 3 is 2.58 bits per heavy atom. The van der Waals surface area contributed by atoms with Crippen LogP contribution in [0.5, 0.6) is 5.75 Å². The van der Waals surface area contributed by atoms with Gasteiger partial charge in [0.2, 0.25) is 5.91 Å². The number of hydrogen-bond donors (Lipinski definition) is 0. The van der Waals surface area contributed by atoms with Gasteiger partial charge >= 0.3 is 0 Å². The van der Waals surface area contributed by atoms with Crippen molar-refractivity contribution in [3.05, 3.63) is 83.4 Å². The summed E-state index contributed by atoms with van der Waals surface area (Å²) in [6.45, 7) is 2.98. The number of rotatable bonds is 8. The Hall–Kier alpha value is -2.54. The molecule has 0 spiro atoms. The lowest BCUT2D eigenvalue weighted by Crippen LogP contribution is -2.31. The third-order valence-corrected chi connectivity index (χ3v) is 6.85. The molecule has 0 aliphatic carbocycles. The summed E-state index contributed by atoms with van der Waals surface area (Å²) in [5, 5.41) is 1.36. The maximum absolute atomic E-state index is 13.3. The van der Waals surface area contributed by atoms with Gasteiger partial charge in [-0.2, -0.15) is 0 Å². The second kappa shape index (κ2) is 10.2. The molecule has 1 amide bonds. The zero-order valence-corrected chi connectivity index (χ0v) is 19.3. The molecule has 1 aromatic heterocycles. The molecule has 0 radical (unpaired) electrons. The van der Waals surface area contributed by atoms with Crippen molar-refractivity contribution in [2.75, 3.05) is 17.3 Å². The van der Waals surface area contributed by atoms with Crippen LogP contribution < -0.4 is 9.64 Å². The molecule has 4 aromatic rings. The summed E-state index contributed by atoms with van der Waals surface area (Å²) in [4.78, 5) is 20.8. The minimum atomic E-state index is 0.000758. The van der Waals surface area contributed by atoms with Gasteiger partial charge in [0.25, 0.3) is 0 Å². The number of para-hydroxylation sites is 1. The lowest BCUT2D eigenvalue weighted by Gasteiger charge is -2.20. The highest BCUT2D eigenvalue weighted by atomic mass is 35.5. The van der Waals surface area contributed by atoms with Crippen LogP contribution in [0.3, 0.4) is 0 Å². The Labute approximate surface area is 194 Å². The first kappa shape index (κ1) is 21.7. The van der Waals surface area contributed by atoms with Crippen molar-refractivity contribution in [2.24, 2.45) is 0 Å². The van der Waals surface area contributed by atoms with Crippen LogP contribution in [-0.4, -0.2) is 23.3 Å². The first-order valence-electron chi connectivity index (χ1n) is 9.89. The highest BCUT2D eigenvalue weighted by Gasteiger charge is 2.21. The lowest BCUT2D eigenvalue weighted by molar-refractivity contribution is -0.116. The van der Waals surface area contributed by atoms with E-state index in [2.05, 4.69) is 0 Å². The van der Waals surface area contributed by atoms with Gasteiger partial charge in [0.15, 0.2) is 5.13 Å². The van der Waals surface area contributed by atoms with Crippen LogP contribution in [0.25, 0.3) is 10.2 Å². The highest BCUT2D eigenvalue weighted by Crippen LogP contribution is 2.35. The molecule has 158 valence electrons. The van der Waals surface area contributed by atoms with Gasteiger partial charge in [-0.3, -0.25) is 9.69 Å². The van der Waals surface area contributed by atoms with E-state index in [1.165, 1.54) is 23.1 Å². The van der Waals surface area contributed by atoms with Crippen molar-refractivity contribution in [2.45, 2.75) is 18.4 Å². The second-order valence-corrected chi connectivity index (χ2v) is 9.23. The number of hydrogen-bond acceptors (Lipinski definition) is 5. The van der Waals surface area contributed by atoms with Crippen LogP contribution in [-0.2, 0) is 11.3 Å². The van der Waals surface area contributed by atoms with Gasteiger partial charge in [0, 0.05) is 9.92 Å². The molecular weight excluding hydrogens is 448 g/mol. The highest BCUT2D eigenvalue weighted by molar-refractivity contribution is 8.00. The van der Waals surface area contributed by atoms with Crippen LogP contribution in [0.1, 0.15) is 12.5 Å².